The third-order valence-corrected chi connectivity index (χ3v) is 6.51. The molecule has 8 nitrogen and oxygen atoms in total. The number of aryl methyl sites for hydroxylation is 2. The van der Waals surface area contributed by atoms with E-state index < -0.39 is 14.9 Å². The minimum Gasteiger partial charge on any atom is -0.348 e. The molecule has 138 valence electrons. The van der Waals surface area contributed by atoms with Crippen LogP contribution in [0.3, 0.4) is 0 Å². The maximum absolute atomic E-state index is 12.9. The molecular weight excluding hydrogens is 356 g/mol. The van der Waals surface area contributed by atoms with Gasteiger partial charge in [0.15, 0.2) is 0 Å². The van der Waals surface area contributed by atoms with Crippen molar-refractivity contribution in [3.05, 3.63) is 57.8 Å². The molecule has 26 heavy (non-hydrogen) atoms. The van der Waals surface area contributed by atoms with Gasteiger partial charge in [-0.1, -0.05) is 6.07 Å². The van der Waals surface area contributed by atoms with Gasteiger partial charge in [-0.15, -0.1) is 0 Å². The first-order chi connectivity index (χ1) is 12.3. The molecule has 1 aromatic carbocycles. The van der Waals surface area contributed by atoms with Crippen LogP contribution in [0.15, 0.2) is 41.4 Å². The predicted octanol–water partition coefficient (Wildman–Crippen LogP) is 2.12. The van der Waals surface area contributed by atoms with Gasteiger partial charge in [0.25, 0.3) is 0 Å². The minimum atomic E-state index is -3.58. The van der Waals surface area contributed by atoms with Gasteiger partial charge in [0, 0.05) is 38.4 Å². The molecule has 1 aliphatic heterocycles. The average Bonchev–Trinajstić information content (AvgIpc) is 2.64. The quantitative estimate of drug-likeness (QED) is 0.599. The number of nitrogens with zero attached hydrogens (tertiary/aromatic N) is 4. The molecule has 0 unspecified atom stereocenters. The number of benzene rings is 1. The second-order valence-electron chi connectivity index (χ2n) is 6.24. The van der Waals surface area contributed by atoms with Gasteiger partial charge in [0.05, 0.1) is 9.82 Å². The Bertz CT molecular complexity index is 938. The lowest BCUT2D eigenvalue weighted by molar-refractivity contribution is -0.384. The van der Waals surface area contributed by atoms with Gasteiger partial charge in [0.2, 0.25) is 15.8 Å². The molecule has 0 bridgehead atoms. The Labute approximate surface area is 152 Å². The average molecular weight is 376 g/mol. The Hall–Kier alpha value is -2.52. The smallest absolute Gasteiger partial charge is 0.311 e. The molecular formula is C17H20N4O4S. The summed E-state index contributed by atoms with van der Waals surface area (Å²) in [6.45, 7) is 5.02. The lowest BCUT2D eigenvalue weighted by atomic mass is 10.1. The second-order valence-corrected chi connectivity index (χ2v) is 8.18. The van der Waals surface area contributed by atoms with E-state index in [-0.39, 0.29) is 29.5 Å². The minimum absolute atomic E-state index is 0.0713. The fraction of sp³-hybridized carbons (Fsp3) is 0.353. The van der Waals surface area contributed by atoms with Gasteiger partial charge in [-0.3, -0.25) is 10.1 Å². The number of nitro groups is 1. The lowest BCUT2D eigenvalue weighted by Crippen LogP contribution is -2.49. The van der Waals surface area contributed by atoms with Crippen molar-refractivity contribution in [2.75, 3.05) is 31.1 Å². The predicted molar refractivity (Wildman–Crippen MR) is 97.8 cm³/mol. The molecule has 0 N–H and O–H groups in total. The monoisotopic (exact) mass is 376 g/mol. The van der Waals surface area contributed by atoms with Gasteiger partial charge >= 0.3 is 5.69 Å². The van der Waals surface area contributed by atoms with E-state index in [0.717, 1.165) is 11.1 Å². The standard InChI is InChI=1S/C17H20N4O4S/c1-13-5-6-15(12-14(13)2)26(24,25)20-10-8-19(9-11-20)17-16(21(22)23)4-3-7-18-17/h3-7,12H,8-11H2,1-2H3. The summed E-state index contributed by atoms with van der Waals surface area (Å²) in [5.74, 6) is 0.278. The molecule has 0 radical (unpaired) electrons. The normalized spacial score (nSPS) is 15.8. The Morgan fingerprint density at radius 2 is 1.77 bits per heavy atom. The Kier molecular flexibility index (Phi) is 4.92. The van der Waals surface area contributed by atoms with Gasteiger partial charge < -0.3 is 4.90 Å². The van der Waals surface area contributed by atoms with E-state index in [9.17, 15) is 18.5 Å². The van der Waals surface area contributed by atoms with Crippen molar-refractivity contribution in [2.24, 2.45) is 0 Å². The van der Waals surface area contributed by atoms with E-state index in [1.165, 1.54) is 22.6 Å². The van der Waals surface area contributed by atoms with Crippen molar-refractivity contribution in [3.63, 3.8) is 0 Å². The topological polar surface area (TPSA) is 96.7 Å². The van der Waals surface area contributed by atoms with Crippen LogP contribution in [0.25, 0.3) is 0 Å². The summed E-state index contributed by atoms with van der Waals surface area (Å²) in [4.78, 5) is 16.8. The number of hydrogen-bond acceptors (Lipinski definition) is 6. The van der Waals surface area contributed by atoms with E-state index in [1.54, 1.807) is 23.1 Å². The van der Waals surface area contributed by atoms with Crippen molar-refractivity contribution in [2.45, 2.75) is 18.7 Å². The van der Waals surface area contributed by atoms with E-state index in [4.69, 9.17) is 0 Å². The number of rotatable bonds is 4. The molecule has 1 aromatic heterocycles. The molecule has 2 aromatic rings. The SMILES string of the molecule is Cc1ccc(S(=O)(=O)N2CCN(c3ncccc3[N+](=O)[O-])CC2)cc1C. The van der Waals surface area contributed by atoms with Crippen LogP contribution in [-0.4, -0.2) is 48.8 Å². The third kappa shape index (κ3) is 3.40. The van der Waals surface area contributed by atoms with Crippen molar-refractivity contribution in [1.82, 2.24) is 9.29 Å². The van der Waals surface area contributed by atoms with Crippen LogP contribution in [0, 0.1) is 24.0 Å². The van der Waals surface area contributed by atoms with Crippen molar-refractivity contribution >= 4 is 21.5 Å². The molecule has 1 saturated heterocycles. The molecule has 0 saturated carbocycles. The molecule has 0 atom stereocenters. The highest BCUT2D eigenvalue weighted by atomic mass is 32.2. The van der Waals surface area contributed by atoms with Crippen molar-refractivity contribution in [1.29, 1.82) is 0 Å². The highest BCUT2D eigenvalue weighted by molar-refractivity contribution is 7.89. The first-order valence-electron chi connectivity index (χ1n) is 8.22. The zero-order chi connectivity index (χ0) is 18.9. The zero-order valence-electron chi connectivity index (χ0n) is 14.6. The van der Waals surface area contributed by atoms with E-state index >= 15 is 0 Å². The maximum Gasteiger partial charge on any atom is 0.311 e. The van der Waals surface area contributed by atoms with Gasteiger partial charge in [-0.2, -0.15) is 4.31 Å². The van der Waals surface area contributed by atoms with Gasteiger partial charge in [-0.05, 0) is 43.2 Å². The Balaban J connectivity index is 1.78. The second kappa shape index (κ2) is 7.00. The summed E-state index contributed by atoms with van der Waals surface area (Å²) in [6, 6.07) is 8.02. The Morgan fingerprint density at radius 3 is 2.38 bits per heavy atom. The highest BCUT2D eigenvalue weighted by Gasteiger charge is 2.31. The van der Waals surface area contributed by atoms with Crippen LogP contribution >= 0.6 is 0 Å². The summed E-state index contributed by atoms with van der Waals surface area (Å²) in [5.41, 5.74) is 1.89. The number of sulfonamides is 1. The van der Waals surface area contributed by atoms with Gasteiger partial charge in [0.1, 0.15) is 0 Å². The molecule has 3 rings (SSSR count). The van der Waals surface area contributed by atoms with Crippen LogP contribution in [0.1, 0.15) is 11.1 Å². The number of pyridine rings is 1. The van der Waals surface area contributed by atoms with E-state index in [1.807, 2.05) is 13.8 Å². The number of piperazine rings is 1. The zero-order valence-corrected chi connectivity index (χ0v) is 15.4. The van der Waals surface area contributed by atoms with Crippen LogP contribution in [0.2, 0.25) is 0 Å². The Morgan fingerprint density at radius 1 is 1.08 bits per heavy atom. The van der Waals surface area contributed by atoms with Crippen LogP contribution in [0.5, 0.6) is 0 Å². The highest BCUT2D eigenvalue weighted by Crippen LogP contribution is 2.27. The van der Waals surface area contributed by atoms with Crippen LogP contribution in [-0.2, 0) is 10.0 Å². The summed E-state index contributed by atoms with van der Waals surface area (Å²) >= 11 is 0. The fourth-order valence-corrected chi connectivity index (χ4v) is 4.45. The molecule has 1 aliphatic rings. The largest absolute Gasteiger partial charge is 0.348 e. The number of anilines is 1. The lowest BCUT2D eigenvalue weighted by Gasteiger charge is -2.34. The molecule has 0 spiro atoms. The van der Waals surface area contributed by atoms with Crippen LogP contribution < -0.4 is 4.90 Å². The number of aromatic nitrogens is 1. The van der Waals surface area contributed by atoms with E-state index in [0.29, 0.717) is 13.1 Å². The fourth-order valence-electron chi connectivity index (χ4n) is 2.94. The molecule has 2 heterocycles. The maximum atomic E-state index is 12.9. The molecule has 9 heteroatoms. The van der Waals surface area contributed by atoms with Crippen molar-refractivity contribution < 1.29 is 13.3 Å². The third-order valence-electron chi connectivity index (χ3n) is 4.62. The summed E-state index contributed by atoms with van der Waals surface area (Å²) in [5, 5.41) is 11.2. The molecule has 0 amide bonds. The van der Waals surface area contributed by atoms with Crippen molar-refractivity contribution in [3.8, 4) is 0 Å². The summed E-state index contributed by atoms with van der Waals surface area (Å²) in [6.07, 6.45) is 1.50. The molecule has 0 aliphatic carbocycles. The first kappa shape index (κ1) is 18.3. The summed E-state index contributed by atoms with van der Waals surface area (Å²) < 4.78 is 27.1. The van der Waals surface area contributed by atoms with Gasteiger partial charge in [-0.25, -0.2) is 13.4 Å². The van der Waals surface area contributed by atoms with E-state index in [2.05, 4.69) is 4.98 Å². The first-order valence-corrected chi connectivity index (χ1v) is 9.66. The summed E-state index contributed by atoms with van der Waals surface area (Å²) in [7, 11) is -3.58. The molecule has 1 fully saturated rings. The van der Waals surface area contributed by atoms with Crippen LogP contribution in [0.4, 0.5) is 11.5 Å². The number of hydrogen-bond donors (Lipinski definition) is 0.